The van der Waals surface area contributed by atoms with Crippen molar-refractivity contribution in [2.24, 2.45) is 5.11 Å². The fourth-order valence-electron chi connectivity index (χ4n) is 1.07. The van der Waals surface area contributed by atoms with E-state index in [1.54, 1.807) is 11.4 Å². The first-order valence-electron chi connectivity index (χ1n) is 4.16. The highest BCUT2D eigenvalue weighted by Gasteiger charge is 2.15. The molecule has 1 atom stereocenters. The zero-order valence-electron chi connectivity index (χ0n) is 7.99. The Balaban J connectivity index is 2.86. The third-order valence-electron chi connectivity index (χ3n) is 1.72. The fourth-order valence-corrected chi connectivity index (χ4v) is 1.94. The predicted molar refractivity (Wildman–Crippen MR) is 56.9 cm³/mol. The molecule has 0 radical (unpaired) electrons. The van der Waals surface area contributed by atoms with Crippen LogP contribution in [0.2, 0.25) is 0 Å². The third-order valence-corrected chi connectivity index (χ3v) is 2.76. The highest BCUT2D eigenvalue weighted by atomic mass is 32.1. The standard InChI is InChI=1S/C8H7N5O2S/c9-2-5-1-7(16-4-5)6(3-11-13-10)12-8(14)15/h1,4,6,12H,3H2,(H,14,15). The zero-order valence-corrected chi connectivity index (χ0v) is 8.81. The molecule has 1 aromatic heterocycles. The molecule has 1 heterocycles. The Morgan fingerprint density at radius 3 is 3.12 bits per heavy atom. The van der Waals surface area contributed by atoms with E-state index in [1.165, 1.54) is 11.3 Å². The van der Waals surface area contributed by atoms with E-state index in [2.05, 4.69) is 15.3 Å². The summed E-state index contributed by atoms with van der Waals surface area (Å²) < 4.78 is 0. The molecule has 1 amide bonds. The molecule has 82 valence electrons. The maximum absolute atomic E-state index is 10.5. The summed E-state index contributed by atoms with van der Waals surface area (Å²) in [5.74, 6) is 0. The second-order valence-electron chi connectivity index (χ2n) is 2.77. The van der Waals surface area contributed by atoms with E-state index in [-0.39, 0.29) is 6.54 Å². The number of nitrogens with zero attached hydrogens (tertiary/aromatic N) is 4. The average Bonchev–Trinajstić information content (AvgIpc) is 2.72. The molecule has 2 N–H and O–H groups in total. The Morgan fingerprint density at radius 1 is 1.88 bits per heavy atom. The molecule has 0 saturated carbocycles. The summed E-state index contributed by atoms with van der Waals surface area (Å²) in [5.41, 5.74) is 8.64. The molecule has 8 heteroatoms. The van der Waals surface area contributed by atoms with Crippen LogP contribution in [0.1, 0.15) is 16.5 Å². The summed E-state index contributed by atoms with van der Waals surface area (Å²) in [6, 6.07) is 2.90. The molecule has 1 rings (SSSR count). The molecule has 0 aliphatic carbocycles. The molecule has 0 aliphatic heterocycles. The molecule has 7 nitrogen and oxygen atoms in total. The van der Waals surface area contributed by atoms with E-state index in [4.69, 9.17) is 15.9 Å². The van der Waals surface area contributed by atoms with Crippen molar-refractivity contribution in [1.29, 1.82) is 5.26 Å². The number of carboxylic acid groups (broad SMARTS) is 1. The van der Waals surface area contributed by atoms with Gasteiger partial charge in [0.25, 0.3) is 0 Å². The van der Waals surface area contributed by atoms with E-state index >= 15 is 0 Å². The maximum Gasteiger partial charge on any atom is 0.405 e. The van der Waals surface area contributed by atoms with E-state index in [9.17, 15) is 4.79 Å². The highest BCUT2D eigenvalue weighted by molar-refractivity contribution is 7.10. The molecule has 0 aliphatic rings. The molecule has 1 aromatic rings. The van der Waals surface area contributed by atoms with Gasteiger partial charge in [-0.25, -0.2) is 4.79 Å². The van der Waals surface area contributed by atoms with Gasteiger partial charge in [-0.05, 0) is 11.6 Å². The largest absolute Gasteiger partial charge is 0.465 e. The SMILES string of the molecule is N#Cc1csc(C(CN=[N+]=[N-])NC(=O)O)c1. The van der Waals surface area contributed by atoms with Crippen LogP contribution in [0.15, 0.2) is 16.6 Å². The van der Waals surface area contributed by atoms with Gasteiger partial charge in [-0.1, -0.05) is 5.11 Å². The van der Waals surface area contributed by atoms with Crippen LogP contribution in [0.4, 0.5) is 4.79 Å². The van der Waals surface area contributed by atoms with Crippen molar-refractivity contribution < 1.29 is 9.90 Å². The Labute approximate surface area is 94.6 Å². The van der Waals surface area contributed by atoms with Crippen molar-refractivity contribution in [1.82, 2.24) is 5.32 Å². The van der Waals surface area contributed by atoms with E-state index < -0.39 is 12.1 Å². The lowest BCUT2D eigenvalue weighted by molar-refractivity contribution is 0.190. The number of amides is 1. The molecule has 1 unspecified atom stereocenters. The molecule has 0 fully saturated rings. The molecule has 0 bridgehead atoms. The number of rotatable bonds is 4. The number of nitrogens with one attached hydrogen (secondary N) is 1. The van der Waals surface area contributed by atoms with Crippen LogP contribution in [0.5, 0.6) is 0 Å². The lowest BCUT2D eigenvalue weighted by atomic mass is 10.2. The van der Waals surface area contributed by atoms with Gasteiger partial charge in [-0.2, -0.15) is 5.26 Å². The van der Waals surface area contributed by atoms with Gasteiger partial charge < -0.3 is 10.4 Å². The second kappa shape index (κ2) is 5.60. The summed E-state index contributed by atoms with van der Waals surface area (Å²) >= 11 is 1.24. The summed E-state index contributed by atoms with van der Waals surface area (Å²) in [6.45, 7) is -0.0197. The van der Waals surface area contributed by atoms with Gasteiger partial charge >= 0.3 is 6.09 Å². The minimum Gasteiger partial charge on any atom is -0.465 e. The van der Waals surface area contributed by atoms with Crippen LogP contribution in [0.25, 0.3) is 10.4 Å². The quantitative estimate of drug-likeness (QED) is 0.474. The van der Waals surface area contributed by atoms with Crippen molar-refractivity contribution in [2.75, 3.05) is 6.54 Å². The van der Waals surface area contributed by atoms with E-state index in [0.717, 1.165) is 0 Å². The minimum absolute atomic E-state index is 0.0197. The summed E-state index contributed by atoms with van der Waals surface area (Å²) in [4.78, 5) is 13.7. The van der Waals surface area contributed by atoms with Crippen LogP contribution in [0, 0.1) is 11.3 Å². The number of thiophene rings is 1. The average molecular weight is 237 g/mol. The van der Waals surface area contributed by atoms with Gasteiger partial charge in [-0.15, -0.1) is 11.3 Å². The smallest absolute Gasteiger partial charge is 0.405 e. The number of hydrogen-bond acceptors (Lipinski definition) is 4. The Hall–Kier alpha value is -2.23. The third kappa shape index (κ3) is 3.16. The fraction of sp³-hybridized carbons (Fsp3) is 0.250. The number of hydrogen-bond donors (Lipinski definition) is 2. The predicted octanol–water partition coefficient (Wildman–Crippen LogP) is 2.24. The van der Waals surface area contributed by atoms with Crippen molar-refractivity contribution in [3.63, 3.8) is 0 Å². The maximum atomic E-state index is 10.5. The topological polar surface area (TPSA) is 122 Å². The molecule has 0 aromatic carbocycles. The van der Waals surface area contributed by atoms with Crippen molar-refractivity contribution in [2.45, 2.75) is 6.04 Å². The van der Waals surface area contributed by atoms with Crippen LogP contribution in [-0.2, 0) is 0 Å². The van der Waals surface area contributed by atoms with Crippen molar-refractivity contribution in [3.8, 4) is 6.07 Å². The van der Waals surface area contributed by atoms with E-state index in [0.29, 0.717) is 10.4 Å². The molecular weight excluding hydrogens is 230 g/mol. The molecule has 0 spiro atoms. The first kappa shape index (κ1) is 11.8. The van der Waals surface area contributed by atoms with Crippen molar-refractivity contribution in [3.05, 3.63) is 32.3 Å². The molecule has 0 saturated heterocycles. The monoisotopic (exact) mass is 237 g/mol. The second-order valence-corrected chi connectivity index (χ2v) is 3.71. The molecule has 16 heavy (non-hydrogen) atoms. The van der Waals surface area contributed by atoms with Crippen LogP contribution in [-0.4, -0.2) is 17.7 Å². The van der Waals surface area contributed by atoms with Gasteiger partial charge in [0.2, 0.25) is 0 Å². The van der Waals surface area contributed by atoms with Crippen LogP contribution < -0.4 is 5.32 Å². The Bertz CT molecular complexity index is 467. The normalized spacial score (nSPS) is 10.9. The number of nitriles is 1. The lowest BCUT2D eigenvalue weighted by Gasteiger charge is -2.11. The lowest BCUT2D eigenvalue weighted by Crippen LogP contribution is -2.27. The minimum atomic E-state index is -1.20. The van der Waals surface area contributed by atoms with Gasteiger partial charge in [-0.3, -0.25) is 0 Å². The first-order chi connectivity index (χ1) is 7.67. The Kier molecular flexibility index (Phi) is 4.15. The van der Waals surface area contributed by atoms with Crippen LogP contribution in [0.3, 0.4) is 0 Å². The highest BCUT2D eigenvalue weighted by Crippen LogP contribution is 2.22. The Morgan fingerprint density at radius 2 is 2.62 bits per heavy atom. The number of carbonyl (C=O) groups is 1. The number of azide groups is 1. The summed E-state index contributed by atoms with van der Waals surface area (Å²) in [5, 5.41) is 24.4. The first-order valence-corrected chi connectivity index (χ1v) is 5.04. The van der Waals surface area contributed by atoms with Crippen LogP contribution >= 0.6 is 11.3 Å². The summed E-state index contributed by atoms with van der Waals surface area (Å²) in [7, 11) is 0. The van der Waals surface area contributed by atoms with Gasteiger partial charge in [0.15, 0.2) is 0 Å². The summed E-state index contributed by atoms with van der Waals surface area (Å²) in [6.07, 6.45) is -1.20. The van der Waals surface area contributed by atoms with Gasteiger partial charge in [0.1, 0.15) is 6.07 Å². The van der Waals surface area contributed by atoms with Gasteiger partial charge in [0, 0.05) is 15.2 Å². The van der Waals surface area contributed by atoms with Crippen molar-refractivity contribution >= 4 is 17.4 Å². The molecular formula is C8H7N5O2S. The van der Waals surface area contributed by atoms with E-state index in [1.807, 2.05) is 6.07 Å². The zero-order chi connectivity index (χ0) is 12.0. The van der Waals surface area contributed by atoms with Gasteiger partial charge in [0.05, 0.1) is 18.2 Å².